The molecule has 0 saturated heterocycles. The van der Waals surface area contributed by atoms with E-state index in [1.165, 1.54) is 6.08 Å². The second-order valence-corrected chi connectivity index (χ2v) is 1.64. The normalized spacial score (nSPS) is 8.20. The maximum atomic E-state index is 9.06. The van der Waals surface area contributed by atoms with Crippen molar-refractivity contribution in [1.29, 1.82) is 0 Å². The van der Waals surface area contributed by atoms with Gasteiger partial charge in [-0.3, -0.25) is 0 Å². The Morgan fingerprint density at radius 1 is 2.00 bits per heavy atom. The van der Waals surface area contributed by atoms with E-state index in [0.717, 1.165) is 0 Å². The zero-order chi connectivity index (χ0) is 4.12. The third-order valence-corrected chi connectivity index (χ3v) is 0.732. The number of carbonyl (C=O) groups excluding carboxylic acids is 1. The Hall–Kier alpha value is -0.113. The number of nitrogens with zero attached hydrogens (tertiary/aromatic N) is 1. The van der Waals surface area contributed by atoms with Crippen molar-refractivity contribution >= 4 is 26.1 Å². The van der Waals surface area contributed by atoms with Gasteiger partial charge in [0.25, 0.3) is 8.99 Å². The molecule has 0 amide bonds. The van der Waals surface area contributed by atoms with Gasteiger partial charge in [0.2, 0.25) is 6.08 Å². The van der Waals surface area contributed by atoms with E-state index in [-0.39, 0.29) is 0 Å². The van der Waals surface area contributed by atoms with Gasteiger partial charge in [0.05, 0.1) is 0 Å². The van der Waals surface area contributed by atoms with Gasteiger partial charge in [-0.25, -0.2) is 9.45 Å². The van der Waals surface area contributed by atoms with Gasteiger partial charge in [-0.15, -0.1) is 11.1 Å². The lowest BCUT2D eigenvalue weighted by atomic mass is 11.7. The molecule has 0 aliphatic carbocycles. The minimum atomic E-state index is -0.912. The summed E-state index contributed by atoms with van der Waals surface area (Å²) in [7, 11) is -0.912. The van der Waals surface area contributed by atoms with E-state index in [4.69, 9.17) is 15.9 Å². The molecule has 0 aliphatic rings. The van der Waals surface area contributed by atoms with Crippen molar-refractivity contribution in [2.45, 2.75) is 0 Å². The fourth-order valence-corrected chi connectivity index (χ4v) is 0.220. The van der Waals surface area contributed by atoms with Crippen LogP contribution in [0.1, 0.15) is 0 Å². The van der Waals surface area contributed by atoms with Gasteiger partial charge in [-0.2, -0.15) is 0 Å². The number of hydrogen-bond acceptors (Lipinski definition) is 2. The molecule has 0 unspecified atom stereocenters. The first-order valence-corrected chi connectivity index (χ1v) is 3.78. The van der Waals surface area contributed by atoms with Gasteiger partial charge < -0.3 is 0 Å². The number of isocyanates is 1. The first-order valence-electron chi connectivity index (χ1n) is 1.01. The summed E-state index contributed by atoms with van der Waals surface area (Å²) in [4.78, 5) is 9.06. The molecule has 4 heteroatoms. The van der Waals surface area contributed by atoms with Crippen molar-refractivity contribution in [3.63, 3.8) is 0 Å². The van der Waals surface area contributed by atoms with Crippen LogP contribution >= 0.6 is 11.1 Å². The Morgan fingerprint density at radius 3 is 2.60 bits per heavy atom. The van der Waals surface area contributed by atoms with Crippen LogP contribution in [0.4, 0.5) is 0 Å². The highest BCUT2D eigenvalue weighted by Gasteiger charge is 1.58. The van der Waals surface area contributed by atoms with Crippen molar-refractivity contribution < 1.29 is 4.79 Å². The highest BCUT2D eigenvalue weighted by atomic mass is 35.6. The van der Waals surface area contributed by atoms with Gasteiger partial charge in [0.1, 0.15) is 0 Å². The third kappa shape index (κ3) is 3.89. The predicted molar refractivity (Wildman–Crippen MR) is 22.5 cm³/mol. The molecule has 28 valence electrons. The molecule has 0 rings (SSSR count). The average molecular weight is 108 g/mol. The molecule has 0 heterocycles. The lowest BCUT2D eigenvalue weighted by molar-refractivity contribution is 0.566. The molecule has 0 aliphatic heterocycles. The fourth-order valence-electron chi connectivity index (χ4n) is 0.0244. The smallest absolute Gasteiger partial charge is 0.236 e. The van der Waals surface area contributed by atoms with Gasteiger partial charge in [-0.1, -0.05) is 0 Å². The Labute approximate surface area is 36.5 Å². The molecule has 0 atom stereocenters. The summed E-state index contributed by atoms with van der Waals surface area (Å²) in [6.07, 6.45) is 1.32. The lowest BCUT2D eigenvalue weighted by Crippen LogP contribution is -1.60. The van der Waals surface area contributed by atoms with Crippen LogP contribution in [0, 0.1) is 0 Å². The number of rotatable bonds is 1. The maximum absolute atomic E-state index is 9.06. The Morgan fingerprint density at radius 2 is 2.60 bits per heavy atom. The molecule has 0 spiro atoms. The fraction of sp³-hybridized carbons (Fsp3) is 0. The minimum Gasteiger partial charge on any atom is -0.236 e. The summed E-state index contributed by atoms with van der Waals surface area (Å²) in [6, 6.07) is 0. The molecule has 0 aromatic carbocycles. The summed E-state index contributed by atoms with van der Waals surface area (Å²) < 4.78 is 3.07. The molecule has 0 radical (unpaired) electrons. The first-order chi connectivity index (χ1) is 2.41. The van der Waals surface area contributed by atoms with Crippen LogP contribution in [0.25, 0.3) is 0 Å². The van der Waals surface area contributed by atoms with E-state index in [1.807, 2.05) is 0 Å². The zero-order valence-electron chi connectivity index (χ0n) is 2.44. The Kier molecular flexibility index (Phi) is 3.80. The van der Waals surface area contributed by atoms with Crippen LogP contribution in [-0.2, 0) is 4.79 Å². The van der Waals surface area contributed by atoms with Gasteiger partial charge in [0.15, 0.2) is 0 Å². The zero-order valence-corrected chi connectivity index (χ0v) is 4.61. The molecular formula is CH2ClNOSi. The van der Waals surface area contributed by atoms with Crippen LogP contribution in [-0.4, -0.2) is 15.1 Å². The van der Waals surface area contributed by atoms with Crippen LogP contribution in [0.2, 0.25) is 0 Å². The Bertz CT molecular complexity index is 58.7. The minimum absolute atomic E-state index is 0.912. The van der Waals surface area contributed by atoms with Crippen molar-refractivity contribution in [2.75, 3.05) is 0 Å². The molecule has 0 saturated carbocycles. The van der Waals surface area contributed by atoms with E-state index < -0.39 is 8.99 Å². The quantitative estimate of drug-likeness (QED) is 0.193. The summed E-state index contributed by atoms with van der Waals surface area (Å²) >= 11 is 5.01. The summed E-state index contributed by atoms with van der Waals surface area (Å²) in [5.74, 6) is 0. The van der Waals surface area contributed by atoms with Crippen molar-refractivity contribution in [1.82, 2.24) is 0 Å². The van der Waals surface area contributed by atoms with Gasteiger partial charge >= 0.3 is 0 Å². The van der Waals surface area contributed by atoms with Crippen LogP contribution in [0.5, 0.6) is 0 Å². The molecule has 5 heavy (non-hydrogen) atoms. The molecule has 0 bridgehead atoms. The monoisotopic (exact) mass is 107 g/mol. The molecule has 2 nitrogen and oxygen atoms in total. The van der Waals surface area contributed by atoms with E-state index in [2.05, 4.69) is 4.66 Å². The van der Waals surface area contributed by atoms with Crippen LogP contribution in [0.3, 0.4) is 0 Å². The van der Waals surface area contributed by atoms with Crippen LogP contribution in [0.15, 0.2) is 4.66 Å². The average Bonchev–Trinajstić information content (AvgIpc) is 1.41. The SMILES string of the molecule is O=C=N[SiH2]Cl. The molecular weight excluding hydrogens is 106 g/mol. The first kappa shape index (κ1) is 4.89. The van der Waals surface area contributed by atoms with Crippen LogP contribution < -0.4 is 0 Å². The second kappa shape index (κ2) is 3.89. The largest absolute Gasteiger partial charge is 0.262 e. The highest BCUT2D eigenvalue weighted by Crippen LogP contribution is 1.61. The number of halogens is 1. The van der Waals surface area contributed by atoms with Crippen molar-refractivity contribution in [3.8, 4) is 0 Å². The van der Waals surface area contributed by atoms with E-state index in [0.29, 0.717) is 0 Å². The standard InChI is InChI=1S/CH2ClNOSi/c2-5-3-1-4/h5H2. The predicted octanol–water partition coefficient (Wildman–Crippen LogP) is -0.440. The molecule has 0 N–H and O–H groups in total. The Balaban J connectivity index is 2.93. The van der Waals surface area contributed by atoms with E-state index >= 15 is 0 Å². The highest BCUT2D eigenvalue weighted by molar-refractivity contribution is 6.92. The topological polar surface area (TPSA) is 29.4 Å². The van der Waals surface area contributed by atoms with Crippen molar-refractivity contribution in [3.05, 3.63) is 0 Å². The molecule has 0 fully saturated rings. The number of hydrogen-bond donors (Lipinski definition) is 0. The molecule has 0 aromatic rings. The second-order valence-electron chi connectivity index (χ2n) is 0.369. The van der Waals surface area contributed by atoms with Crippen molar-refractivity contribution in [2.24, 2.45) is 4.66 Å². The van der Waals surface area contributed by atoms with Gasteiger partial charge in [0, 0.05) is 0 Å². The lowest BCUT2D eigenvalue weighted by Gasteiger charge is -1.53. The maximum Gasteiger partial charge on any atom is 0.262 e. The van der Waals surface area contributed by atoms with E-state index in [9.17, 15) is 0 Å². The summed E-state index contributed by atoms with van der Waals surface area (Å²) in [6.45, 7) is 0. The van der Waals surface area contributed by atoms with E-state index in [1.54, 1.807) is 0 Å². The molecule has 0 aromatic heterocycles. The third-order valence-electron chi connectivity index (χ3n) is 0.124. The van der Waals surface area contributed by atoms with Gasteiger partial charge in [-0.05, 0) is 0 Å². The summed E-state index contributed by atoms with van der Waals surface area (Å²) in [5, 5.41) is 0. The summed E-state index contributed by atoms with van der Waals surface area (Å²) in [5.41, 5.74) is 0.